The first-order chi connectivity index (χ1) is 12.1. The predicted molar refractivity (Wildman–Crippen MR) is 96.4 cm³/mol. The monoisotopic (exact) mass is 348 g/mol. The van der Waals surface area contributed by atoms with Gasteiger partial charge in [-0.1, -0.05) is 0 Å². The maximum atomic E-state index is 12.8. The van der Waals surface area contributed by atoms with Crippen LogP contribution in [0.4, 0.5) is 11.8 Å². The summed E-state index contributed by atoms with van der Waals surface area (Å²) < 4.78 is 5.12. The molecule has 8 nitrogen and oxygen atoms in total. The quantitative estimate of drug-likeness (QED) is 0.800. The highest BCUT2D eigenvalue weighted by Crippen LogP contribution is 2.21. The van der Waals surface area contributed by atoms with Gasteiger partial charge in [-0.3, -0.25) is 4.79 Å². The lowest BCUT2D eigenvalue weighted by atomic mass is 10.1. The fraction of sp³-hybridized carbons (Fsp3) is 0.706. The molecular formula is C17H28N6O2. The van der Waals surface area contributed by atoms with E-state index in [0.717, 1.165) is 70.4 Å². The fourth-order valence-corrected chi connectivity index (χ4v) is 3.61. The molecule has 2 N–H and O–H groups in total. The number of aryl methyl sites for hydroxylation is 1. The first-order valence-electron chi connectivity index (χ1n) is 8.93. The van der Waals surface area contributed by atoms with Crippen LogP contribution < -0.4 is 10.6 Å². The Bertz CT molecular complexity index is 583. The summed E-state index contributed by atoms with van der Waals surface area (Å²) in [5, 5.41) is 0. The van der Waals surface area contributed by atoms with Gasteiger partial charge in [0.05, 0.1) is 12.5 Å². The van der Waals surface area contributed by atoms with Crippen molar-refractivity contribution >= 4 is 17.7 Å². The minimum absolute atomic E-state index is 0.125. The normalized spacial score (nSPS) is 21.8. The van der Waals surface area contributed by atoms with E-state index in [9.17, 15) is 4.79 Å². The molecular weight excluding hydrogens is 320 g/mol. The van der Waals surface area contributed by atoms with E-state index in [1.807, 2.05) is 17.9 Å². The van der Waals surface area contributed by atoms with Crippen molar-refractivity contribution in [3.05, 3.63) is 11.8 Å². The second-order valence-corrected chi connectivity index (χ2v) is 6.82. The van der Waals surface area contributed by atoms with E-state index in [4.69, 9.17) is 10.5 Å². The molecule has 0 spiro atoms. The number of nitrogens with two attached hydrogens (primary N) is 1. The molecule has 3 rings (SSSR count). The van der Waals surface area contributed by atoms with Crippen molar-refractivity contribution in [3.8, 4) is 0 Å². The summed E-state index contributed by atoms with van der Waals surface area (Å²) in [5.41, 5.74) is 6.61. The van der Waals surface area contributed by atoms with Crippen LogP contribution in [0, 0.1) is 12.8 Å². The van der Waals surface area contributed by atoms with Crippen LogP contribution in [0.5, 0.6) is 0 Å². The number of carbonyl (C=O) groups excluding carboxylic acids is 1. The van der Waals surface area contributed by atoms with E-state index in [2.05, 4.69) is 19.8 Å². The van der Waals surface area contributed by atoms with Gasteiger partial charge in [0, 0.05) is 58.1 Å². The molecule has 25 heavy (non-hydrogen) atoms. The van der Waals surface area contributed by atoms with Gasteiger partial charge in [-0.05, 0) is 19.9 Å². The Morgan fingerprint density at radius 3 is 2.72 bits per heavy atom. The SMILES string of the molecule is COCCN1CC[C@H](C(=O)N2CCN(c3cc(C)nc(N)n3)CC2)C1. The Morgan fingerprint density at radius 1 is 1.28 bits per heavy atom. The molecule has 2 aliphatic rings. The van der Waals surface area contributed by atoms with E-state index >= 15 is 0 Å². The number of hydrogen-bond donors (Lipinski definition) is 1. The number of anilines is 2. The summed E-state index contributed by atoms with van der Waals surface area (Å²) >= 11 is 0. The summed E-state index contributed by atoms with van der Waals surface area (Å²) in [6.07, 6.45) is 0.949. The number of carbonyl (C=O) groups is 1. The standard InChI is InChI=1S/C17H28N6O2/c1-13-11-15(20-17(18)19-13)22-5-7-23(8-6-22)16(24)14-3-4-21(12-14)9-10-25-2/h11,14H,3-10,12H2,1-2H3,(H2,18,19,20)/t14-/m0/s1. The van der Waals surface area contributed by atoms with E-state index in [-0.39, 0.29) is 11.8 Å². The van der Waals surface area contributed by atoms with Gasteiger partial charge >= 0.3 is 0 Å². The molecule has 1 aromatic heterocycles. The first-order valence-corrected chi connectivity index (χ1v) is 8.93. The molecule has 1 aromatic rings. The Balaban J connectivity index is 1.51. The molecule has 0 aromatic carbocycles. The van der Waals surface area contributed by atoms with Gasteiger partial charge in [0.25, 0.3) is 0 Å². The van der Waals surface area contributed by atoms with Gasteiger partial charge in [-0.2, -0.15) is 4.98 Å². The number of hydrogen-bond acceptors (Lipinski definition) is 7. The molecule has 0 unspecified atom stereocenters. The Hall–Kier alpha value is -1.93. The Labute approximate surface area is 148 Å². The Morgan fingerprint density at radius 2 is 2.04 bits per heavy atom. The maximum absolute atomic E-state index is 12.8. The molecule has 2 fully saturated rings. The van der Waals surface area contributed by atoms with Gasteiger partial charge in [0.2, 0.25) is 11.9 Å². The second-order valence-electron chi connectivity index (χ2n) is 6.82. The summed E-state index contributed by atoms with van der Waals surface area (Å²) in [5.74, 6) is 1.57. The van der Waals surface area contributed by atoms with Crippen LogP contribution in [0.3, 0.4) is 0 Å². The third kappa shape index (κ3) is 4.38. The van der Waals surface area contributed by atoms with Crippen molar-refractivity contribution < 1.29 is 9.53 Å². The zero-order valence-corrected chi connectivity index (χ0v) is 15.1. The van der Waals surface area contributed by atoms with Crippen molar-refractivity contribution in [1.82, 2.24) is 19.8 Å². The van der Waals surface area contributed by atoms with Crippen LogP contribution in [-0.2, 0) is 9.53 Å². The topological polar surface area (TPSA) is 87.8 Å². The number of piperazine rings is 1. The molecule has 8 heteroatoms. The third-order valence-electron chi connectivity index (χ3n) is 5.01. The predicted octanol–water partition coefficient (Wildman–Crippen LogP) is -0.0159. The fourth-order valence-electron chi connectivity index (χ4n) is 3.61. The van der Waals surface area contributed by atoms with Gasteiger partial charge in [-0.25, -0.2) is 4.98 Å². The van der Waals surface area contributed by atoms with Crippen LogP contribution in [0.25, 0.3) is 0 Å². The van der Waals surface area contributed by atoms with E-state index < -0.39 is 0 Å². The second kappa shape index (κ2) is 7.97. The number of nitrogen functional groups attached to an aromatic ring is 1. The number of ether oxygens (including phenoxy) is 1. The number of methoxy groups -OCH3 is 1. The highest BCUT2D eigenvalue weighted by atomic mass is 16.5. The lowest BCUT2D eigenvalue weighted by Crippen LogP contribution is -2.51. The molecule has 2 saturated heterocycles. The number of rotatable bonds is 5. The van der Waals surface area contributed by atoms with Crippen molar-refractivity contribution in [1.29, 1.82) is 0 Å². The lowest BCUT2D eigenvalue weighted by Gasteiger charge is -2.36. The minimum Gasteiger partial charge on any atom is -0.383 e. The average molecular weight is 348 g/mol. The highest BCUT2D eigenvalue weighted by molar-refractivity contribution is 5.79. The van der Waals surface area contributed by atoms with Crippen molar-refractivity contribution in [2.45, 2.75) is 13.3 Å². The number of amides is 1. The molecule has 0 radical (unpaired) electrons. The van der Waals surface area contributed by atoms with E-state index in [1.54, 1.807) is 7.11 Å². The van der Waals surface area contributed by atoms with Gasteiger partial charge in [0.1, 0.15) is 5.82 Å². The summed E-state index contributed by atoms with van der Waals surface area (Å²) in [6, 6.07) is 1.94. The molecule has 1 amide bonds. The van der Waals surface area contributed by atoms with Crippen LogP contribution >= 0.6 is 0 Å². The molecule has 0 bridgehead atoms. The molecule has 2 aliphatic heterocycles. The number of aromatic nitrogens is 2. The molecule has 3 heterocycles. The highest BCUT2D eigenvalue weighted by Gasteiger charge is 2.32. The Kier molecular flexibility index (Phi) is 5.70. The summed E-state index contributed by atoms with van der Waals surface area (Å²) in [7, 11) is 1.71. The number of likely N-dealkylation sites (tertiary alicyclic amines) is 1. The number of nitrogens with zero attached hydrogens (tertiary/aromatic N) is 5. The van der Waals surface area contributed by atoms with Gasteiger partial charge < -0.3 is 25.2 Å². The summed E-state index contributed by atoms with van der Waals surface area (Å²) in [6.45, 7) is 8.40. The molecule has 0 aliphatic carbocycles. The van der Waals surface area contributed by atoms with Gasteiger partial charge in [0.15, 0.2) is 0 Å². The van der Waals surface area contributed by atoms with Crippen molar-refractivity contribution in [2.24, 2.45) is 5.92 Å². The smallest absolute Gasteiger partial charge is 0.227 e. The largest absolute Gasteiger partial charge is 0.383 e. The van der Waals surface area contributed by atoms with E-state index in [0.29, 0.717) is 5.95 Å². The van der Waals surface area contributed by atoms with Crippen LogP contribution in [0.15, 0.2) is 6.07 Å². The van der Waals surface area contributed by atoms with Crippen molar-refractivity contribution in [3.63, 3.8) is 0 Å². The maximum Gasteiger partial charge on any atom is 0.227 e. The molecule has 0 saturated carbocycles. The van der Waals surface area contributed by atoms with E-state index in [1.165, 1.54) is 0 Å². The van der Waals surface area contributed by atoms with Crippen LogP contribution in [0.1, 0.15) is 12.1 Å². The lowest BCUT2D eigenvalue weighted by molar-refractivity contribution is -0.135. The first kappa shape index (κ1) is 17.9. The van der Waals surface area contributed by atoms with Gasteiger partial charge in [-0.15, -0.1) is 0 Å². The zero-order valence-electron chi connectivity index (χ0n) is 15.1. The molecule has 1 atom stereocenters. The van der Waals surface area contributed by atoms with Crippen molar-refractivity contribution in [2.75, 3.05) is 70.2 Å². The van der Waals surface area contributed by atoms with Crippen LogP contribution in [-0.4, -0.2) is 85.2 Å². The summed E-state index contributed by atoms with van der Waals surface area (Å²) in [4.78, 5) is 27.7. The third-order valence-corrected chi connectivity index (χ3v) is 5.01. The molecule has 138 valence electrons. The van der Waals surface area contributed by atoms with Crippen LogP contribution in [0.2, 0.25) is 0 Å². The average Bonchev–Trinajstić information content (AvgIpc) is 3.07. The minimum atomic E-state index is 0.125. The zero-order chi connectivity index (χ0) is 17.8.